The van der Waals surface area contributed by atoms with Gasteiger partial charge in [0, 0.05) is 27.2 Å². The van der Waals surface area contributed by atoms with E-state index in [1.807, 2.05) is 19.1 Å². The molecule has 26 heavy (non-hydrogen) atoms. The van der Waals surface area contributed by atoms with E-state index in [-0.39, 0.29) is 30.9 Å². The lowest BCUT2D eigenvalue weighted by Gasteiger charge is -2.39. The third-order valence-corrected chi connectivity index (χ3v) is 6.16. The molecule has 3 aliphatic rings. The van der Waals surface area contributed by atoms with Crippen LogP contribution in [0, 0.1) is 0 Å². The van der Waals surface area contributed by atoms with E-state index in [0.717, 1.165) is 22.2 Å². The first-order valence-electron chi connectivity index (χ1n) is 8.46. The summed E-state index contributed by atoms with van der Waals surface area (Å²) in [6, 6.07) is 5.51. The van der Waals surface area contributed by atoms with Crippen molar-refractivity contribution in [3.8, 4) is 0 Å². The topological polar surface area (TPSA) is 64.6 Å². The molecule has 0 bridgehead atoms. The number of halogens is 2. The highest BCUT2D eigenvalue weighted by atomic mass is 79.9. The van der Waals surface area contributed by atoms with Gasteiger partial charge in [0.1, 0.15) is 13.2 Å². The van der Waals surface area contributed by atoms with Crippen LogP contribution in [0.5, 0.6) is 0 Å². The van der Waals surface area contributed by atoms with Gasteiger partial charge >= 0.3 is 0 Å². The lowest BCUT2D eigenvalue weighted by Crippen LogP contribution is -2.45. The van der Waals surface area contributed by atoms with Crippen LogP contribution in [-0.4, -0.2) is 37.5 Å². The predicted molar refractivity (Wildman–Crippen MR) is 99.9 cm³/mol. The van der Waals surface area contributed by atoms with E-state index < -0.39 is 5.92 Å². The van der Waals surface area contributed by atoms with Gasteiger partial charge in [-0.2, -0.15) is 0 Å². The number of rotatable bonds is 2. The molecule has 0 spiro atoms. The van der Waals surface area contributed by atoms with Crippen molar-refractivity contribution in [2.24, 2.45) is 0 Å². The Morgan fingerprint density at radius 1 is 1.19 bits per heavy atom. The molecule has 0 aromatic heterocycles. The van der Waals surface area contributed by atoms with E-state index in [1.54, 1.807) is 6.07 Å². The number of hydrogen-bond donors (Lipinski definition) is 1. The second-order valence-electron chi connectivity index (χ2n) is 6.50. The Balaban J connectivity index is 1.94. The molecule has 0 amide bonds. The van der Waals surface area contributed by atoms with Crippen molar-refractivity contribution in [1.29, 1.82) is 0 Å². The normalized spacial score (nSPS) is 25.8. The number of Topliss-reactive ketones (excluding diaryl/α,β-unsaturated/α-hetero) is 2. The first-order chi connectivity index (χ1) is 12.5. The second kappa shape index (κ2) is 6.93. The van der Waals surface area contributed by atoms with Crippen LogP contribution in [0.2, 0.25) is 5.02 Å². The number of carbonyl (C=O) groups excluding carboxylic acids is 2. The molecular formula is C19H17BrClNO4. The molecule has 0 fully saturated rings. The Morgan fingerprint density at radius 2 is 1.96 bits per heavy atom. The predicted octanol–water partition coefficient (Wildman–Crippen LogP) is 3.27. The Hall–Kier alpha value is -1.47. The first-order valence-corrected chi connectivity index (χ1v) is 9.63. The fourth-order valence-electron chi connectivity index (χ4n) is 3.79. The molecule has 0 saturated heterocycles. The third-order valence-electron chi connectivity index (χ3n) is 4.94. The summed E-state index contributed by atoms with van der Waals surface area (Å²) in [5, 5.41) is 3.85. The minimum absolute atomic E-state index is 0.0241. The molecule has 0 unspecified atom stereocenters. The monoisotopic (exact) mass is 437 g/mol. The summed E-state index contributed by atoms with van der Waals surface area (Å²) < 4.78 is 11.8. The molecule has 7 heteroatoms. The van der Waals surface area contributed by atoms with Gasteiger partial charge in [0.05, 0.1) is 23.4 Å². The van der Waals surface area contributed by atoms with E-state index >= 15 is 0 Å². The lowest BCUT2D eigenvalue weighted by molar-refractivity contribution is -0.124. The fourth-order valence-corrected chi connectivity index (χ4v) is 4.30. The Bertz CT molecular complexity index is 876. The highest BCUT2D eigenvalue weighted by molar-refractivity contribution is 9.10. The molecule has 1 aromatic rings. The van der Waals surface area contributed by atoms with Crippen molar-refractivity contribution in [1.82, 2.24) is 5.32 Å². The average molecular weight is 439 g/mol. The van der Waals surface area contributed by atoms with E-state index in [9.17, 15) is 9.59 Å². The van der Waals surface area contributed by atoms with Crippen molar-refractivity contribution in [2.75, 3.05) is 19.8 Å². The molecule has 136 valence electrons. The molecular weight excluding hydrogens is 422 g/mol. The van der Waals surface area contributed by atoms with Crippen LogP contribution in [0.3, 0.4) is 0 Å². The highest BCUT2D eigenvalue weighted by Gasteiger charge is 2.43. The van der Waals surface area contributed by atoms with Gasteiger partial charge in [0.25, 0.3) is 0 Å². The van der Waals surface area contributed by atoms with Crippen molar-refractivity contribution in [3.05, 3.63) is 55.8 Å². The van der Waals surface area contributed by atoms with Crippen LogP contribution in [0.15, 0.2) is 45.2 Å². The number of benzene rings is 1. The zero-order valence-electron chi connectivity index (χ0n) is 14.1. The van der Waals surface area contributed by atoms with Crippen LogP contribution < -0.4 is 5.32 Å². The maximum Gasteiger partial charge on any atom is 0.187 e. The average Bonchev–Trinajstić information content (AvgIpc) is 2.63. The maximum atomic E-state index is 12.8. The summed E-state index contributed by atoms with van der Waals surface area (Å²) in [5.41, 5.74) is 3.54. The zero-order chi connectivity index (χ0) is 18.4. The van der Waals surface area contributed by atoms with Crippen molar-refractivity contribution in [3.63, 3.8) is 0 Å². The SMILES string of the molecule is CC[C@H]1OCC(=O)C2=C1NC1=C(C(=O)COC1)[C@H]2c1ccc(Cl)c(Br)c1. The van der Waals surface area contributed by atoms with Crippen LogP contribution in [0.1, 0.15) is 24.8 Å². The van der Waals surface area contributed by atoms with E-state index in [4.69, 9.17) is 21.1 Å². The summed E-state index contributed by atoms with van der Waals surface area (Å²) in [6.07, 6.45) is 0.528. The minimum Gasteiger partial charge on any atom is -0.367 e. The Labute approximate surface area is 164 Å². The van der Waals surface area contributed by atoms with Crippen molar-refractivity contribution >= 4 is 39.1 Å². The van der Waals surface area contributed by atoms with Gasteiger partial charge in [0.2, 0.25) is 0 Å². The number of dihydropyridines is 1. The van der Waals surface area contributed by atoms with Crippen LogP contribution in [-0.2, 0) is 19.1 Å². The number of carbonyl (C=O) groups is 2. The molecule has 4 rings (SSSR count). The molecule has 2 atom stereocenters. The van der Waals surface area contributed by atoms with Gasteiger partial charge < -0.3 is 14.8 Å². The standard InChI is InChI=1S/C19H17BrClNO4/c1-2-15-19-18(14(24)8-26-15)16(9-3-4-11(21)10(20)5-9)17-12(22-19)6-25-7-13(17)23/h3-5,15-16,22H,2,6-8H2,1H3/t15-,16-/m1/s1. The first kappa shape index (κ1) is 17.9. The molecule has 3 aliphatic heterocycles. The van der Waals surface area contributed by atoms with Gasteiger partial charge in [-0.3, -0.25) is 9.59 Å². The number of ketones is 2. The van der Waals surface area contributed by atoms with E-state index in [1.165, 1.54) is 0 Å². The number of nitrogens with one attached hydrogen (secondary N) is 1. The van der Waals surface area contributed by atoms with Crippen molar-refractivity contribution < 1.29 is 19.1 Å². The molecule has 0 radical (unpaired) electrons. The van der Waals surface area contributed by atoms with Crippen molar-refractivity contribution in [2.45, 2.75) is 25.4 Å². The van der Waals surface area contributed by atoms with E-state index in [2.05, 4.69) is 21.2 Å². The fraction of sp³-hybridized carbons (Fsp3) is 0.368. The zero-order valence-corrected chi connectivity index (χ0v) is 16.4. The number of hydrogen-bond acceptors (Lipinski definition) is 5. The van der Waals surface area contributed by atoms with Gasteiger partial charge in [0.15, 0.2) is 11.6 Å². The second-order valence-corrected chi connectivity index (χ2v) is 7.76. The van der Waals surface area contributed by atoms with Crippen LogP contribution in [0.25, 0.3) is 0 Å². The minimum atomic E-state index is -0.434. The van der Waals surface area contributed by atoms with Gasteiger partial charge in [-0.15, -0.1) is 0 Å². The third kappa shape index (κ3) is 2.85. The molecule has 3 heterocycles. The highest BCUT2D eigenvalue weighted by Crippen LogP contribution is 2.44. The smallest absolute Gasteiger partial charge is 0.187 e. The molecule has 1 aromatic carbocycles. The largest absolute Gasteiger partial charge is 0.367 e. The molecule has 1 N–H and O–H groups in total. The Kier molecular flexibility index (Phi) is 4.77. The molecule has 5 nitrogen and oxygen atoms in total. The Morgan fingerprint density at radius 3 is 2.69 bits per heavy atom. The number of ether oxygens (including phenoxy) is 2. The summed E-state index contributed by atoms with van der Waals surface area (Å²) in [4.78, 5) is 25.5. The quantitative estimate of drug-likeness (QED) is 0.768. The maximum absolute atomic E-state index is 12.8. The summed E-state index contributed by atoms with van der Waals surface area (Å²) >= 11 is 9.59. The van der Waals surface area contributed by atoms with Crippen LogP contribution >= 0.6 is 27.5 Å². The summed E-state index contributed by atoms with van der Waals surface area (Å²) in [6.45, 7) is 2.37. The molecule has 0 saturated carbocycles. The summed E-state index contributed by atoms with van der Waals surface area (Å²) in [5.74, 6) is -0.635. The van der Waals surface area contributed by atoms with Gasteiger partial charge in [-0.25, -0.2) is 0 Å². The van der Waals surface area contributed by atoms with E-state index in [0.29, 0.717) is 28.5 Å². The van der Waals surface area contributed by atoms with Gasteiger partial charge in [-0.05, 0) is 40.0 Å². The lowest BCUT2D eigenvalue weighted by atomic mass is 9.75. The van der Waals surface area contributed by atoms with Gasteiger partial charge in [-0.1, -0.05) is 24.6 Å². The summed E-state index contributed by atoms with van der Waals surface area (Å²) in [7, 11) is 0. The van der Waals surface area contributed by atoms with Crippen LogP contribution in [0.4, 0.5) is 0 Å². The molecule has 0 aliphatic carbocycles.